The fourth-order valence-corrected chi connectivity index (χ4v) is 1.85. The third kappa shape index (κ3) is 1.78. The van der Waals surface area contributed by atoms with Crippen LogP contribution in [0.5, 0.6) is 0 Å². The van der Waals surface area contributed by atoms with Gasteiger partial charge in [0.05, 0.1) is 16.9 Å². The molecule has 0 aliphatic heterocycles. The van der Waals surface area contributed by atoms with Crippen molar-refractivity contribution in [3.05, 3.63) is 41.0 Å². The molecule has 0 unspecified atom stereocenters. The van der Waals surface area contributed by atoms with E-state index in [0.29, 0.717) is 16.8 Å². The highest BCUT2D eigenvalue weighted by molar-refractivity contribution is 6.32. The number of benzene rings is 1. The van der Waals surface area contributed by atoms with Crippen LogP contribution in [-0.2, 0) is 0 Å². The average Bonchev–Trinajstić information content (AvgIpc) is 2.61. The van der Waals surface area contributed by atoms with E-state index in [0.717, 1.165) is 11.3 Å². The Morgan fingerprint density at radius 1 is 1.31 bits per heavy atom. The molecule has 2 N–H and O–H groups in total. The molecule has 2 rings (SSSR count). The van der Waals surface area contributed by atoms with Gasteiger partial charge in [0.1, 0.15) is 5.82 Å². The summed E-state index contributed by atoms with van der Waals surface area (Å²) < 4.78 is 1.68. The molecule has 0 saturated carbocycles. The molecule has 0 aliphatic rings. The maximum Gasteiger partial charge on any atom is 0.130 e. The number of anilines is 1. The van der Waals surface area contributed by atoms with Crippen LogP contribution in [0.4, 0.5) is 5.82 Å². The molecule has 1 aromatic heterocycles. The standard InChI is InChI=1S/C12H14ClN3/c1-8(2)9-7-15-16(12(9)14)11-6-4-3-5-10(11)13/h3-8H,14H2,1-2H3. The fourth-order valence-electron chi connectivity index (χ4n) is 1.63. The summed E-state index contributed by atoms with van der Waals surface area (Å²) in [7, 11) is 0. The lowest BCUT2D eigenvalue weighted by atomic mass is 10.1. The Morgan fingerprint density at radius 2 is 2.00 bits per heavy atom. The first-order valence-electron chi connectivity index (χ1n) is 5.19. The van der Waals surface area contributed by atoms with Crippen LogP contribution in [-0.4, -0.2) is 9.78 Å². The molecule has 4 heteroatoms. The minimum absolute atomic E-state index is 0.358. The second-order valence-electron chi connectivity index (χ2n) is 4.00. The molecule has 1 aromatic carbocycles. The number of nitrogen functional groups attached to an aromatic ring is 1. The summed E-state index contributed by atoms with van der Waals surface area (Å²) in [6, 6.07) is 7.52. The van der Waals surface area contributed by atoms with Gasteiger partial charge in [0.25, 0.3) is 0 Å². The van der Waals surface area contributed by atoms with Crippen molar-refractivity contribution in [1.82, 2.24) is 9.78 Å². The van der Waals surface area contributed by atoms with Gasteiger partial charge in [0, 0.05) is 5.56 Å². The molecular weight excluding hydrogens is 222 g/mol. The van der Waals surface area contributed by atoms with Crippen molar-refractivity contribution in [1.29, 1.82) is 0 Å². The predicted octanol–water partition coefficient (Wildman–Crippen LogP) is 3.23. The number of hydrogen-bond donors (Lipinski definition) is 1. The van der Waals surface area contributed by atoms with Gasteiger partial charge in [-0.15, -0.1) is 0 Å². The lowest BCUT2D eigenvalue weighted by Gasteiger charge is -2.08. The van der Waals surface area contributed by atoms with Gasteiger partial charge in [0.15, 0.2) is 0 Å². The Hall–Kier alpha value is -1.48. The molecule has 0 aliphatic carbocycles. The van der Waals surface area contributed by atoms with Crippen LogP contribution in [0.2, 0.25) is 5.02 Å². The summed E-state index contributed by atoms with van der Waals surface area (Å²) in [5.41, 5.74) is 7.90. The van der Waals surface area contributed by atoms with Crippen LogP contribution in [0.3, 0.4) is 0 Å². The van der Waals surface area contributed by atoms with E-state index in [1.807, 2.05) is 24.3 Å². The summed E-state index contributed by atoms with van der Waals surface area (Å²) in [6.45, 7) is 4.18. The second kappa shape index (κ2) is 4.18. The maximum atomic E-state index is 6.10. The van der Waals surface area contributed by atoms with Gasteiger partial charge in [-0.25, -0.2) is 4.68 Å². The minimum Gasteiger partial charge on any atom is -0.383 e. The van der Waals surface area contributed by atoms with Crippen LogP contribution in [0, 0.1) is 0 Å². The van der Waals surface area contributed by atoms with Gasteiger partial charge in [-0.05, 0) is 18.1 Å². The zero-order chi connectivity index (χ0) is 11.7. The predicted molar refractivity (Wildman–Crippen MR) is 67.1 cm³/mol. The summed E-state index contributed by atoms with van der Waals surface area (Å²) in [5.74, 6) is 1.01. The van der Waals surface area contributed by atoms with Gasteiger partial charge in [-0.3, -0.25) is 0 Å². The summed E-state index contributed by atoms with van der Waals surface area (Å²) >= 11 is 6.10. The SMILES string of the molecule is CC(C)c1cnn(-c2ccccc2Cl)c1N. The molecule has 0 spiro atoms. The third-order valence-corrected chi connectivity index (χ3v) is 2.86. The Labute approximate surface area is 99.8 Å². The number of para-hydroxylation sites is 1. The highest BCUT2D eigenvalue weighted by atomic mass is 35.5. The lowest BCUT2D eigenvalue weighted by Crippen LogP contribution is -2.04. The van der Waals surface area contributed by atoms with Crippen molar-refractivity contribution < 1.29 is 0 Å². The van der Waals surface area contributed by atoms with Crippen molar-refractivity contribution in [2.75, 3.05) is 5.73 Å². The molecule has 2 aromatic rings. The molecule has 0 amide bonds. The molecule has 0 fully saturated rings. The van der Waals surface area contributed by atoms with E-state index in [1.54, 1.807) is 10.9 Å². The molecule has 1 heterocycles. The van der Waals surface area contributed by atoms with E-state index in [-0.39, 0.29) is 0 Å². The molecule has 84 valence electrons. The van der Waals surface area contributed by atoms with Gasteiger partial charge in [-0.1, -0.05) is 37.6 Å². The molecule has 3 nitrogen and oxygen atoms in total. The number of hydrogen-bond acceptors (Lipinski definition) is 2. The number of nitrogens with two attached hydrogens (primary N) is 1. The Morgan fingerprint density at radius 3 is 2.56 bits per heavy atom. The first kappa shape index (κ1) is 11.0. The highest BCUT2D eigenvalue weighted by Gasteiger charge is 2.13. The van der Waals surface area contributed by atoms with Gasteiger partial charge in [-0.2, -0.15) is 5.10 Å². The van der Waals surface area contributed by atoms with Crippen LogP contribution in [0.1, 0.15) is 25.3 Å². The second-order valence-corrected chi connectivity index (χ2v) is 4.41. The highest BCUT2D eigenvalue weighted by Crippen LogP contribution is 2.27. The third-order valence-electron chi connectivity index (χ3n) is 2.54. The van der Waals surface area contributed by atoms with Gasteiger partial charge < -0.3 is 5.73 Å². The first-order chi connectivity index (χ1) is 7.61. The maximum absolute atomic E-state index is 6.10. The monoisotopic (exact) mass is 235 g/mol. The molecule has 0 bridgehead atoms. The quantitative estimate of drug-likeness (QED) is 0.869. The number of nitrogens with zero attached hydrogens (tertiary/aromatic N) is 2. The first-order valence-corrected chi connectivity index (χ1v) is 5.57. The van der Waals surface area contributed by atoms with Crippen LogP contribution < -0.4 is 5.73 Å². The minimum atomic E-state index is 0.358. The van der Waals surface area contributed by atoms with Crippen molar-refractivity contribution >= 4 is 17.4 Å². The van der Waals surface area contributed by atoms with E-state index in [1.165, 1.54) is 0 Å². The number of aromatic nitrogens is 2. The van der Waals surface area contributed by atoms with Crippen LogP contribution in [0.25, 0.3) is 5.69 Å². The number of rotatable bonds is 2. The molecule has 0 radical (unpaired) electrons. The Kier molecular flexibility index (Phi) is 2.88. The Bertz CT molecular complexity index is 503. The summed E-state index contributed by atoms with van der Waals surface area (Å²) in [6.07, 6.45) is 1.79. The summed E-state index contributed by atoms with van der Waals surface area (Å²) in [4.78, 5) is 0. The van der Waals surface area contributed by atoms with Gasteiger partial charge in [0.2, 0.25) is 0 Å². The molecular formula is C12H14ClN3. The van der Waals surface area contributed by atoms with Crippen molar-refractivity contribution in [2.45, 2.75) is 19.8 Å². The van der Waals surface area contributed by atoms with E-state index < -0.39 is 0 Å². The van der Waals surface area contributed by atoms with Gasteiger partial charge >= 0.3 is 0 Å². The largest absolute Gasteiger partial charge is 0.383 e. The summed E-state index contributed by atoms with van der Waals surface area (Å²) in [5, 5.41) is 4.92. The van der Waals surface area contributed by atoms with Crippen molar-refractivity contribution in [2.24, 2.45) is 0 Å². The van der Waals surface area contributed by atoms with E-state index in [2.05, 4.69) is 18.9 Å². The lowest BCUT2D eigenvalue weighted by molar-refractivity contribution is 0.867. The van der Waals surface area contributed by atoms with E-state index >= 15 is 0 Å². The fraction of sp³-hybridized carbons (Fsp3) is 0.250. The van der Waals surface area contributed by atoms with E-state index in [9.17, 15) is 0 Å². The average molecular weight is 236 g/mol. The van der Waals surface area contributed by atoms with Crippen LogP contribution >= 0.6 is 11.6 Å². The van der Waals surface area contributed by atoms with Crippen LogP contribution in [0.15, 0.2) is 30.5 Å². The van der Waals surface area contributed by atoms with E-state index in [4.69, 9.17) is 17.3 Å². The zero-order valence-corrected chi connectivity index (χ0v) is 10.1. The Balaban J connectivity index is 2.54. The molecule has 0 saturated heterocycles. The molecule has 0 atom stereocenters. The number of halogens is 1. The van der Waals surface area contributed by atoms with Crippen molar-refractivity contribution in [3.8, 4) is 5.69 Å². The molecule has 16 heavy (non-hydrogen) atoms. The normalized spacial score (nSPS) is 11.0. The van der Waals surface area contributed by atoms with Crippen molar-refractivity contribution in [3.63, 3.8) is 0 Å². The smallest absolute Gasteiger partial charge is 0.130 e. The zero-order valence-electron chi connectivity index (χ0n) is 9.31. The topological polar surface area (TPSA) is 43.8 Å².